The molecule has 2 bridgehead atoms. The average Bonchev–Trinajstić information content (AvgIpc) is 2.43. The third-order valence-corrected chi connectivity index (χ3v) is 4.67. The van der Waals surface area contributed by atoms with E-state index in [2.05, 4.69) is 10.2 Å². The summed E-state index contributed by atoms with van der Waals surface area (Å²) in [5.74, 6) is -0.448. The van der Waals surface area contributed by atoms with Gasteiger partial charge in [0.1, 0.15) is 5.82 Å². The summed E-state index contributed by atoms with van der Waals surface area (Å²) in [4.78, 5) is 14.6. The number of benzene rings is 1. The molecule has 0 aromatic heterocycles. The molecule has 108 valence electrons. The second kappa shape index (κ2) is 5.31. The zero-order valence-electron chi connectivity index (χ0n) is 11.2. The first-order valence-electron chi connectivity index (χ1n) is 6.89. The van der Waals surface area contributed by atoms with Gasteiger partial charge in [0.2, 0.25) is 0 Å². The second-order valence-corrected chi connectivity index (χ2v) is 6.09. The number of nitrogens with zero attached hydrogens (tertiary/aromatic N) is 2. The number of quaternary nitrogens is 1. The Morgan fingerprint density at radius 3 is 2.55 bits per heavy atom. The minimum Gasteiger partial charge on any atom is -0.320 e. The quantitative estimate of drug-likeness (QED) is 0.859. The van der Waals surface area contributed by atoms with Crippen LogP contribution >= 0.6 is 11.6 Å². The molecular formula is C14H18ClFN3O+. The molecule has 0 saturated carbocycles. The number of anilines is 1. The van der Waals surface area contributed by atoms with Crippen molar-refractivity contribution in [3.63, 3.8) is 0 Å². The van der Waals surface area contributed by atoms with E-state index in [-0.39, 0.29) is 10.9 Å². The van der Waals surface area contributed by atoms with Crippen LogP contribution in [0.5, 0.6) is 0 Å². The van der Waals surface area contributed by atoms with Gasteiger partial charge in [-0.1, -0.05) is 11.6 Å². The van der Waals surface area contributed by atoms with Crippen LogP contribution in [0, 0.1) is 5.82 Å². The zero-order chi connectivity index (χ0) is 14.2. The Kier molecular flexibility index (Phi) is 3.67. The number of carbonyl (C=O) groups excluding carboxylic acids is 1. The molecule has 1 N–H and O–H groups in total. The normalized spacial score (nSPS) is 28.4. The molecule has 4 nitrogen and oxygen atoms in total. The molecule has 0 atom stereocenters. The fourth-order valence-corrected chi connectivity index (χ4v) is 3.27. The van der Waals surface area contributed by atoms with E-state index < -0.39 is 5.82 Å². The Hall–Kier alpha value is -1.17. The van der Waals surface area contributed by atoms with E-state index in [1.165, 1.54) is 18.2 Å². The molecule has 3 fully saturated rings. The van der Waals surface area contributed by atoms with Crippen LogP contribution in [0.4, 0.5) is 10.1 Å². The first-order valence-corrected chi connectivity index (χ1v) is 7.27. The maximum atomic E-state index is 13.0. The predicted octanol–water partition coefficient (Wildman–Crippen LogP) is 1.56. The number of rotatable bonds is 3. The Morgan fingerprint density at radius 2 is 1.95 bits per heavy atom. The fourth-order valence-electron chi connectivity index (χ4n) is 3.05. The molecule has 3 heterocycles. The maximum absolute atomic E-state index is 13.0. The van der Waals surface area contributed by atoms with Gasteiger partial charge in [0.05, 0.1) is 30.3 Å². The third kappa shape index (κ3) is 2.80. The van der Waals surface area contributed by atoms with E-state index in [0.717, 1.165) is 43.8 Å². The molecule has 0 unspecified atom stereocenters. The van der Waals surface area contributed by atoms with Crippen molar-refractivity contribution in [2.45, 2.75) is 0 Å². The standard InChI is InChI=1S/C14H17ClFN3O/c15-12-9-11(16)1-2-13(12)17-14(20)10-19-6-3-18(4-7-19)5-8-19/h1-2,9H,3-8,10H2/p+1. The predicted molar refractivity (Wildman–Crippen MR) is 76.2 cm³/mol. The lowest BCUT2D eigenvalue weighted by molar-refractivity contribution is -0.933. The highest BCUT2D eigenvalue weighted by Gasteiger charge is 2.39. The van der Waals surface area contributed by atoms with Crippen molar-refractivity contribution in [2.75, 3.05) is 51.1 Å². The summed E-state index contributed by atoms with van der Waals surface area (Å²) < 4.78 is 13.8. The summed E-state index contributed by atoms with van der Waals surface area (Å²) in [6.07, 6.45) is 0. The summed E-state index contributed by atoms with van der Waals surface area (Å²) in [5, 5.41) is 3.03. The lowest BCUT2D eigenvalue weighted by Gasteiger charge is -2.50. The van der Waals surface area contributed by atoms with Crippen LogP contribution < -0.4 is 5.32 Å². The number of amides is 1. The molecule has 20 heavy (non-hydrogen) atoms. The molecule has 6 heteroatoms. The molecule has 1 aromatic carbocycles. The molecule has 1 aromatic rings. The van der Waals surface area contributed by atoms with Crippen molar-refractivity contribution in [2.24, 2.45) is 0 Å². The van der Waals surface area contributed by atoms with Gasteiger partial charge in [-0.25, -0.2) is 4.39 Å². The molecule has 3 saturated heterocycles. The molecule has 0 spiro atoms. The number of halogens is 2. The van der Waals surface area contributed by atoms with Crippen molar-refractivity contribution in [1.29, 1.82) is 0 Å². The van der Waals surface area contributed by atoms with Gasteiger partial charge < -0.3 is 9.80 Å². The Labute approximate surface area is 122 Å². The molecule has 0 aliphatic carbocycles. The highest BCUT2D eigenvalue weighted by molar-refractivity contribution is 6.33. The third-order valence-electron chi connectivity index (χ3n) is 4.36. The van der Waals surface area contributed by atoms with Gasteiger partial charge in [0.25, 0.3) is 5.91 Å². The SMILES string of the molecule is O=C(C[N+]12CCN(CC1)CC2)Nc1ccc(F)cc1Cl. The highest BCUT2D eigenvalue weighted by atomic mass is 35.5. The minimum absolute atomic E-state index is 0.0474. The fraction of sp³-hybridized carbons (Fsp3) is 0.500. The maximum Gasteiger partial charge on any atom is 0.279 e. The van der Waals surface area contributed by atoms with Crippen molar-refractivity contribution in [3.05, 3.63) is 29.0 Å². The molecular weight excluding hydrogens is 281 g/mol. The first-order chi connectivity index (χ1) is 9.56. The zero-order valence-corrected chi connectivity index (χ0v) is 12.0. The molecule has 3 aliphatic rings. The van der Waals surface area contributed by atoms with Crippen LogP contribution in [0.25, 0.3) is 0 Å². The lowest BCUT2D eigenvalue weighted by Crippen LogP contribution is -2.68. The first kappa shape index (κ1) is 13.8. The molecule has 3 aliphatic heterocycles. The molecule has 1 amide bonds. The van der Waals surface area contributed by atoms with Crippen LogP contribution in [0.1, 0.15) is 0 Å². The number of carbonyl (C=O) groups is 1. The Bertz CT molecular complexity index is 515. The minimum atomic E-state index is -0.401. The van der Waals surface area contributed by atoms with Crippen LogP contribution in [0.3, 0.4) is 0 Å². The van der Waals surface area contributed by atoms with Crippen molar-refractivity contribution < 1.29 is 13.7 Å². The van der Waals surface area contributed by atoms with E-state index in [1.54, 1.807) is 0 Å². The van der Waals surface area contributed by atoms with Crippen molar-refractivity contribution in [3.8, 4) is 0 Å². The summed E-state index contributed by atoms with van der Waals surface area (Å²) >= 11 is 5.93. The lowest BCUT2D eigenvalue weighted by atomic mass is 10.1. The van der Waals surface area contributed by atoms with Gasteiger partial charge in [-0.15, -0.1) is 0 Å². The van der Waals surface area contributed by atoms with Gasteiger partial charge in [0, 0.05) is 19.6 Å². The van der Waals surface area contributed by atoms with Crippen molar-refractivity contribution >= 4 is 23.2 Å². The van der Waals surface area contributed by atoms with Crippen LogP contribution in [0.2, 0.25) is 5.02 Å². The van der Waals surface area contributed by atoms with E-state index >= 15 is 0 Å². The Morgan fingerprint density at radius 1 is 1.30 bits per heavy atom. The van der Waals surface area contributed by atoms with E-state index in [4.69, 9.17) is 11.6 Å². The summed E-state index contributed by atoms with van der Waals surface area (Å²) in [6.45, 7) is 6.79. The van der Waals surface area contributed by atoms with Gasteiger partial charge in [-0.2, -0.15) is 0 Å². The number of piperazine rings is 3. The highest BCUT2D eigenvalue weighted by Crippen LogP contribution is 2.23. The largest absolute Gasteiger partial charge is 0.320 e. The number of hydrogen-bond donors (Lipinski definition) is 1. The number of hydrogen-bond acceptors (Lipinski definition) is 2. The van der Waals surface area contributed by atoms with Crippen LogP contribution in [-0.2, 0) is 4.79 Å². The van der Waals surface area contributed by atoms with Gasteiger partial charge in [-0.05, 0) is 18.2 Å². The molecule has 0 radical (unpaired) electrons. The summed E-state index contributed by atoms with van der Waals surface area (Å²) in [7, 11) is 0. The summed E-state index contributed by atoms with van der Waals surface area (Å²) in [6, 6.07) is 4.01. The summed E-state index contributed by atoms with van der Waals surface area (Å²) in [5.41, 5.74) is 0.479. The Balaban J connectivity index is 1.64. The van der Waals surface area contributed by atoms with Gasteiger partial charge >= 0.3 is 0 Å². The number of nitrogens with one attached hydrogen (secondary N) is 1. The van der Waals surface area contributed by atoms with Crippen LogP contribution in [-0.4, -0.2) is 61.1 Å². The van der Waals surface area contributed by atoms with Gasteiger partial charge in [0.15, 0.2) is 6.54 Å². The smallest absolute Gasteiger partial charge is 0.279 e. The van der Waals surface area contributed by atoms with Gasteiger partial charge in [-0.3, -0.25) is 9.69 Å². The average molecular weight is 299 g/mol. The van der Waals surface area contributed by atoms with Crippen LogP contribution in [0.15, 0.2) is 18.2 Å². The topological polar surface area (TPSA) is 32.3 Å². The van der Waals surface area contributed by atoms with E-state index in [9.17, 15) is 9.18 Å². The van der Waals surface area contributed by atoms with E-state index in [1.807, 2.05) is 0 Å². The second-order valence-electron chi connectivity index (χ2n) is 5.68. The van der Waals surface area contributed by atoms with Crippen molar-refractivity contribution in [1.82, 2.24) is 4.90 Å². The van der Waals surface area contributed by atoms with E-state index in [0.29, 0.717) is 12.2 Å². The molecule has 4 rings (SSSR count). The number of fused-ring (bicyclic) bond motifs is 3. The monoisotopic (exact) mass is 298 g/mol.